The minimum Gasteiger partial charge on any atom is -0.438 e. The number of anilines is 1. The Balaban J connectivity index is 1.76. The number of fused-ring (bicyclic) bond motifs is 2. The van der Waals surface area contributed by atoms with E-state index in [2.05, 4.69) is 25.8 Å². The maximum atomic E-state index is 13.8. The van der Waals surface area contributed by atoms with E-state index in [9.17, 15) is 14.3 Å². The van der Waals surface area contributed by atoms with Crippen molar-refractivity contribution in [1.29, 1.82) is 0 Å². The van der Waals surface area contributed by atoms with Crippen LogP contribution in [0.2, 0.25) is 10.0 Å². The van der Waals surface area contributed by atoms with E-state index in [0.717, 1.165) is 16.8 Å². The van der Waals surface area contributed by atoms with Crippen LogP contribution in [0.4, 0.5) is 14.9 Å². The van der Waals surface area contributed by atoms with Gasteiger partial charge < -0.3 is 25.0 Å². The van der Waals surface area contributed by atoms with Crippen LogP contribution < -0.4 is 10.6 Å². The van der Waals surface area contributed by atoms with Crippen LogP contribution in [0.1, 0.15) is 32.8 Å². The smallest absolute Gasteiger partial charge is 0.405 e. The second-order valence-electron chi connectivity index (χ2n) is 10.7. The van der Waals surface area contributed by atoms with E-state index < -0.39 is 18.3 Å². The SMILES string of the molecule is CC(C)(C)C[C@H](Cn1cnc2cc(Cl)c(Cl)cc21)[C@](CO)(CN1CCc2cc(F)ccc21)OC(N)=O. The van der Waals surface area contributed by atoms with Gasteiger partial charge in [-0.3, -0.25) is 0 Å². The van der Waals surface area contributed by atoms with Gasteiger partial charge in [-0.15, -0.1) is 0 Å². The van der Waals surface area contributed by atoms with Crippen LogP contribution >= 0.6 is 23.2 Å². The van der Waals surface area contributed by atoms with Gasteiger partial charge in [0.2, 0.25) is 0 Å². The fourth-order valence-electron chi connectivity index (χ4n) is 5.17. The number of carbonyl (C=O) groups excluding carboxylic acids is 1. The van der Waals surface area contributed by atoms with Gasteiger partial charge in [0.25, 0.3) is 0 Å². The number of ether oxygens (including phenoxy) is 1. The summed E-state index contributed by atoms with van der Waals surface area (Å²) in [6, 6.07) is 8.10. The van der Waals surface area contributed by atoms with Gasteiger partial charge in [0.15, 0.2) is 5.60 Å². The van der Waals surface area contributed by atoms with E-state index in [1.807, 2.05) is 9.47 Å². The Labute approximate surface area is 219 Å². The van der Waals surface area contributed by atoms with E-state index in [-0.39, 0.29) is 23.7 Å². The third-order valence-electron chi connectivity index (χ3n) is 6.75. The van der Waals surface area contributed by atoms with E-state index in [1.165, 1.54) is 12.1 Å². The number of imidazole rings is 1. The minimum atomic E-state index is -1.33. The number of nitrogens with zero attached hydrogens (tertiary/aromatic N) is 3. The molecule has 4 rings (SSSR count). The van der Waals surface area contributed by atoms with Gasteiger partial charge in [-0.25, -0.2) is 14.2 Å². The first-order chi connectivity index (χ1) is 16.9. The summed E-state index contributed by atoms with van der Waals surface area (Å²) in [6.07, 6.45) is 1.98. The lowest BCUT2D eigenvalue weighted by atomic mass is 9.75. The van der Waals surface area contributed by atoms with Crippen molar-refractivity contribution in [2.75, 3.05) is 24.6 Å². The average molecular weight is 537 g/mol. The largest absolute Gasteiger partial charge is 0.438 e. The first-order valence-corrected chi connectivity index (χ1v) is 12.6. The first-order valence-electron chi connectivity index (χ1n) is 11.8. The molecule has 36 heavy (non-hydrogen) atoms. The standard InChI is InChI=1S/C26H31Cl2FN4O3/c1-25(2,3)11-17(12-33-15-31-21-9-19(27)20(28)10-23(21)33)26(14-34,36-24(30)35)13-32-7-6-16-8-18(29)4-5-22(16)32/h4-5,8-10,15,17,34H,6-7,11-14H2,1-3H3,(H2,30,35)/t17-,26-/m1/s1. The van der Waals surface area contributed by atoms with Crippen molar-refractivity contribution in [2.24, 2.45) is 17.1 Å². The Morgan fingerprint density at radius 2 is 1.97 bits per heavy atom. The quantitative estimate of drug-likeness (QED) is 0.400. The molecule has 0 radical (unpaired) electrons. The molecule has 3 N–H and O–H groups in total. The molecule has 10 heteroatoms. The highest BCUT2D eigenvalue weighted by atomic mass is 35.5. The third-order valence-corrected chi connectivity index (χ3v) is 7.47. The van der Waals surface area contributed by atoms with E-state index in [4.69, 9.17) is 33.7 Å². The Bertz CT molecular complexity index is 1280. The molecular formula is C26H31Cl2FN4O3. The zero-order chi connectivity index (χ0) is 26.3. The Morgan fingerprint density at radius 3 is 2.64 bits per heavy atom. The van der Waals surface area contributed by atoms with Crippen LogP contribution in [-0.4, -0.2) is 46.0 Å². The second kappa shape index (κ2) is 10.1. The fourth-order valence-corrected chi connectivity index (χ4v) is 5.49. The number of halogens is 3. The van der Waals surface area contributed by atoms with Gasteiger partial charge in [0, 0.05) is 24.7 Å². The number of primary amides is 1. The normalized spacial score (nSPS) is 16.1. The van der Waals surface area contributed by atoms with Crippen molar-refractivity contribution in [3.8, 4) is 0 Å². The van der Waals surface area contributed by atoms with Crippen LogP contribution in [0.3, 0.4) is 0 Å². The molecule has 0 unspecified atom stereocenters. The van der Waals surface area contributed by atoms with Gasteiger partial charge in [0.05, 0.1) is 40.6 Å². The monoisotopic (exact) mass is 536 g/mol. The number of nitrogens with two attached hydrogens (primary N) is 1. The molecule has 1 amide bonds. The van der Waals surface area contributed by atoms with Crippen molar-refractivity contribution in [3.05, 3.63) is 58.1 Å². The molecule has 194 valence electrons. The molecule has 0 saturated heterocycles. The number of rotatable bonds is 8. The van der Waals surface area contributed by atoms with E-state index in [0.29, 0.717) is 41.5 Å². The minimum absolute atomic E-state index is 0.171. The summed E-state index contributed by atoms with van der Waals surface area (Å²) in [6.45, 7) is 7.00. The van der Waals surface area contributed by atoms with Gasteiger partial charge >= 0.3 is 6.09 Å². The summed E-state index contributed by atoms with van der Waals surface area (Å²) in [4.78, 5) is 18.7. The molecule has 2 aromatic carbocycles. The van der Waals surface area contributed by atoms with Crippen molar-refractivity contribution >= 4 is 46.0 Å². The summed E-state index contributed by atoms with van der Waals surface area (Å²) in [5, 5.41) is 11.6. The molecule has 0 saturated carbocycles. The van der Waals surface area contributed by atoms with Crippen LogP contribution in [0.5, 0.6) is 0 Å². The summed E-state index contributed by atoms with van der Waals surface area (Å²) < 4.78 is 21.5. The highest BCUT2D eigenvalue weighted by molar-refractivity contribution is 6.42. The van der Waals surface area contributed by atoms with Gasteiger partial charge in [-0.2, -0.15) is 0 Å². The summed E-state index contributed by atoms with van der Waals surface area (Å²) in [5.41, 5.74) is 7.23. The van der Waals surface area contributed by atoms with Gasteiger partial charge in [0.1, 0.15) is 5.82 Å². The molecule has 0 bridgehead atoms. The first kappa shape index (κ1) is 26.5. The lowest BCUT2D eigenvalue weighted by molar-refractivity contribution is -0.0766. The van der Waals surface area contributed by atoms with Crippen LogP contribution in [-0.2, 0) is 17.7 Å². The Morgan fingerprint density at radius 1 is 1.25 bits per heavy atom. The number of carbonyl (C=O) groups is 1. The second-order valence-corrected chi connectivity index (χ2v) is 11.5. The highest BCUT2D eigenvalue weighted by Gasteiger charge is 2.46. The summed E-state index contributed by atoms with van der Waals surface area (Å²) in [7, 11) is 0. The number of benzene rings is 2. The number of aliphatic hydroxyl groups excluding tert-OH is 1. The molecule has 0 spiro atoms. The molecule has 1 aromatic heterocycles. The molecular weight excluding hydrogens is 506 g/mol. The third kappa shape index (κ3) is 5.56. The van der Waals surface area contributed by atoms with Crippen molar-refractivity contribution in [1.82, 2.24) is 9.55 Å². The molecule has 0 aliphatic carbocycles. The lowest BCUT2D eigenvalue weighted by Crippen LogP contribution is -2.56. The summed E-state index contributed by atoms with van der Waals surface area (Å²) >= 11 is 12.5. The summed E-state index contributed by atoms with van der Waals surface area (Å²) in [5.74, 6) is -0.653. The number of hydrogen-bond acceptors (Lipinski definition) is 5. The number of aliphatic hydroxyl groups is 1. The number of amides is 1. The molecule has 0 fully saturated rings. The van der Waals surface area contributed by atoms with E-state index in [1.54, 1.807) is 24.5 Å². The van der Waals surface area contributed by atoms with Crippen molar-refractivity contribution < 1.29 is 19.0 Å². The maximum absolute atomic E-state index is 13.8. The molecule has 1 aliphatic heterocycles. The fraction of sp³-hybridized carbons (Fsp3) is 0.462. The number of aromatic nitrogens is 2. The highest BCUT2D eigenvalue weighted by Crippen LogP contribution is 2.39. The molecule has 7 nitrogen and oxygen atoms in total. The predicted octanol–water partition coefficient (Wildman–Crippen LogP) is 5.42. The van der Waals surface area contributed by atoms with Crippen molar-refractivity contribution in [3.63, 3.8) is 0 Å². The van der Waals surface area contributed by atoms with Crippen LogP contribution in [0.25, 0.3) is 11.0 Å². The zero-order valence-electron chi connectivity index (χ0n) is 20.6. The molecule has 2 heterocycles. The molecule has 2 atom stereocenters. The Kier molecular flexibility index (Phi) is 7.42. The Hall–Kier alpha value is -2.55. The van der Waals surface area contributed by atoms with Gasteiger partial charge in [-0.05, 0) is 54.2 Å². The molecule has 1 aliphatic rings. The lowest BCUT2D eigenvalue weighted by Gasteiger charge is -2.43. The number of hydrogen-bond donors (Lipinski definition) is 2. The van der Waals surface area contributed by atoms with Crippen LogP contribution in [0.15, 0.2) is 36.7 Å². The van der Waals surface area contributed by atoms with Gasteiger partial charge in [-0.1, -0.05) is 44.0 Å². The topological polar surface area (TPSA) is 93.6 Å². The van der Waals surface area contributed by atoms with Crippen molar-refractivity contribution in [2.45, 2.75) is 45.8 Å². The van der Waals surface area contributed by atoms with E-state index >= 15 is 0 Å². The van der Waals surface area contributed by atoms with Crippen LogP contribution in [0, 0.1) is 17.2 Å². The predicted molar refractivity (Wildman–Crippen MR) is 140 cm³/mol. The maximum Gasteiger partial charge on any atom is 0.405 e. The zero-order valence-corrected chi connectivity index (χ0v) is 22.1. The average Bonchev–Trinajstić information content (AvgIpc) is 3.35. The molecule has 3 aromatic rings.